The summed E-state index contributed by atoms with van der Waals surface area (Å²) in [7, 11) is 0. The van der Waals surface area contributed by atoms with Gasteiger partial charge in [0.15, 0.2) is 5.82 Å². The lowest BCUT2D eigenvalue weighted by Crippen LogP contribution is -2.04. The van der Waals surface area contributed by atoms with Crippen LogP contribution in [-0.4, -0.2) is 20.2 Å². The molecule has 5 heteroatoms. The monoisotopic (exact) mass is 251 g/mol. The lowest BCUT2D eigenvalue weighted by Gasteiger charge is -2.05. The Morgan fingerprint density at radius 2 is 1.84 bits per heavy atom. The number of anilines is 1. The minimum Gasteiger partial charge on any atom is -0.399 e. The first-order valence-electron chi connectivity index (χ1n) is 5.99. The summed E-state index contributed by atoms with van der Waals surface area (Å²) in [6, 6.07) is 17.6. The molecule has 0 unspecified atom stereocenters. The zero-order valence-electron chi connectivity index (χ0n) is 10.3. The van der Waals surface area contributed by atoms with Crippen LogP contribution < -0.4 is 5.73 Å². The van der Waals surface area contributed by atoms with Gasteiger partial charge in [-0.05, 0) is 28.1 Å². The molecule has 0 aliphatic rings. The van der Waals surface area contributed by atoms with Crippen molar-refractivity contribution in [1.82, 2.24) is 20.2 Å². The van der Waals surface area contributed by atoms with Crippen LogP contribution in [0.3, 0.4) is 0 Å². The molecule has 0 aliphatic heterocycles. The molecular formula is C14H13N5. The van der Waals surface area contributed by atoms with E-state index in [9.17, 15) is 0 Å². The molecule has 2 aromatic carbocycles. The molecule has 5 nitrogen and oxygen atoms in total. The molecule has 0 bridgehead atoms. The van der Waals surface area contributed by atoms with Gasteiger partial charge in [0, 0.05) is 11.3 Å². The van der Waals surface area contributed by atoms with Gasteiger partial charge in [0.1, 0.15) is 0 Å². The number of tetrazole rings is 1. The van der Waals surface area contributed by atoms with Crippen LogP contribution in [0.4, 0.5) is 5.69 Å². The van der Waals surface area contributed by atoms with E-state index in [0.29, 0.717) is 12.2 Å². The highest BCUT2D eigenvalue weighted by Gasteiger charge is 2.09. The third-order valence-electron chi connectivity index (χ3n) is 2.85. The minimum absolute atomic E-state index is 0.637. The van der Waals surface area contributed by atoms with Gasteiger partial charge in [0.05, 0.1) is 6.54 Å². The first-order chi connectivity index (χ1) is 9.33. The van der Waals surface area contributed by atoms with Gasteiger partial charge in [-0.25, -0.2) is 4.68 Å². The summed E-state index contributed by atoms with van der Waals surface area (Å²) in [6.45, 7) is 0.637. The van der Waals surface area contributed by atoms with Crippen molar-refractivity contribution in [3.8, 4) is 11.4 Å². The Morgan fingerprint density at radius 1 is 1.00 bits per heavy atom. The second-order valence-electron chi connectivity index (χ2n) is 4.27. The zero-order chi connectivity index (χ0) is 13.1. The maximum Gasteiger partial charge on any atom is 0.182 e. The normalized spacial score (nSPS) is 10.5. The largest absolute Gasteiger partial charge is 0.399 e. The van der Waals surface area contributed by atoms with E-state index in [1.165, 1.54) is 0 Å². The fourth-order valence-corrected chi connectivity index (χ4v) is 1.95. The first kappa shape index (κ1) is 11.4. The van der Waals surface area contributed by atoms with E-state index in [1.54, 1.807) is 4.68 Å². The van der Waals surface area contributed by atoms with Crippen LogP contribution in [0.5, 0.6) is 0 Å². The van der Waals surface area contributed by atoms with Gasteiger partial charge in [-0.3, -0.25) is 0 Å². The van der Waals surface area contributed by atoms with Crippen molar-refractivity contribution >= 4 is 5.69 Å². The van der Waals surface area contributed by atoms with E-state index in [2.05, 4.69) is 15.5 Å². The van der Waals surface area contributed by atoms with Crippen molar-refractivity contribution in [3.05, 3.63) is 60.2 Å². The number of hydrogen-bond donors (Lipinski definition) is 1. The Morgan fingerprint density at radius 3 is 2.63 bits per heavy atom. The number of nitrogens with two attached hydrogens (primary N) is 1. The van der Waals surface area contributed by atoms with Crippen LogP contribution in [0, 0.1) is 0 Å². The molecule has 0 amide bonds. The number of nitrogen functional groups attached to an aromatic ring is 1. The fraction of sp³-hybridized carbons (Fsp3) is 0.0714. The van der Waals surface area contributed by atoms with E-state index in [4.69, 9.17) is 5.73 Å². The molecule has 0 atom stereocenters. The Labute approximate surface area is 110 Å². The summed E-state index contributed by atoms with van der Waals surface area (Å²) >= 11 is 0. The summed E-state index contributed by atoms with van der Waals surface area (Å²) in [6.07, 6.45) is 0. The first-order valence-corrected chi connectivity index (χ1v) is 5.99. The van der Waals surface area contributed by atoms with Crippen LogP contribution in [-0.2, 0) is 6.54 Å². The third-order valence-corrected chi connectivity index (χ3v) is 2.85. The highest BCUT2D eigenvalue weighted by molar-refractivity contribution is 5.60. The summed E-state index contributed by atoms with van der Waals surface area (Å²) in [4.78, 5) is 0. The van der Waals surface area contributed by atoms with Gasteiger partial charge in [-0.1, -0.05) is 42.5 Å². The molecule has 2 N–H and O–H groups in total. The molecular weight excluding hydrogens is 238 g/mol. The number of hydrogen-bond acceptors (Lipinski definition) is 4. The molecule has 0 saturated heterocycles. The van der Waals surface area contributed by atoms with E-state index < -0.39 is 0 Å². The Hall–Kier alpha value is -2.69. The maximum atomic E-state index is 5.79. The maximum absolute atomic E-state index is 5.79. The lowest BCUT2D eigenvalue weighted by atomic mass is 10.2. The minimum atomic E-state index is 0.637. The molecule has 1 heterocycles. The van der Waals surface area contributed by atoms with E-state index in [0.717, 1.165) is 17.0 Å². The lowest BCUT2D eigenvalue weighted by molar-refractivity contribution is 0.653. The summed E-state index contributed by atoms with van der Waals surface area (Å²) in [5.74, 6) is 0.719. The average Bonchev–Trinajstić information content (AvgIpc) is 2.88. The van der Waals surface area contributed by atoms with E-state index in [-0.39, 0.29) is 0 Å². The molecule has 1 aromatic heterocycles. The van der Waals surface area contributed by atoms with Gasteiger partial charge in [-0.15, -0.1) is 5.10 Å². The SMILES string of the molecule is Nc1cccc(-c2nnnn2Cc2ccccc2)c1. The smallest absolute Gasteiger partial charge is 0.182 e. The third kappa shape index (κ3) is 2.44. The number of rotatable bonds is 3. The highest BCUT2D eigenvalue weighted by atomic mass is 15.5. The molecule has 3 rings (SSSR count). The van der Waals surface area contributed by atoms with Crippen molar-refractivity contribution in [2.75, 3.05) is 5.73 Å². The number of nitrogens with zero attached hydrogens (tertiary/aromatic N) is 4. The van der Waals surface area contributed by atoms with Crippen molar-refractivity contribution in [2.24, 2.45) is 0 Å². The molecule has 3 aromatic rings. The Kier molecular flexibility index (Phi) is 2.94. The molecule has 19 heavy (non-hydrogen) atoms. The van der Waals surface area contributed by atoms with Gasteiger partial charge in [0.2, 0.25) is 0 Å². The van der Waals surface area contributed by atoms with Gasteiger partial charge < -0.3 is 5.73 Å². The van der Waals surface area contributed by atoms with Crippen molar-refractivity contribution in [1.29, 1.82) is 0 Å². The quantitative estimate of drug-likeness (QED) is 0.722. The van der Waals surface area contributed by atoms with Gasteiger partial charge in [-0.2, -0.15) is 0 Å². The average molecular weight is 251 g/mol. The standard InChI is InChI=1S/C14H13N5/c15-13-8-4-7-12(9-13)14-16-17-18-19(14)10-11-5-2-1-3-6-11/h1-9H,10,15H2. The molecule has 0 radical (unpaired) electrons. The van der Waals surface area contributed by atoms with Crippen molar-refractivity contribution < 1.29 is 0 Å². The topological polar surface area (TPSA) is 69.6 Å². The van der Waals surface area contributed by atoms with Crippen LogP contribution in [0.15, 0.2) is 54.6 Å². The van der Waals surface area contributed by atoms with E-state index in [1.807, 2.05) is 54.6 Å². The summed E-state index contributed by atoms with van der Waals surface area (Å²) in [5, 5.41) is 11.8. The second-order valence-corrected chi connectivity index (χ2v) is 4.27. The zero-order valence-corrected chi connectivity index (χ0v) is 10.3. The van der Waals surface area contributed by atoms with Crippen molar-refractivity contribution in [3.63, 3.8) is 0 Å². The number of aromatic nitrogens is 4. The molecule has 0 spiro atoms. The van der Waals surface area contributed by atoms with Gasteiger partial charge >= 0.3 is 0 Å². The molecule has 0 saturated carbocycles. The van der Waals surface area contributed by atoms with Crippen LogP contribution in [0.1, 0.15) is 5.56 Å². The Balaban J connectivity index is 1.95. The summed E-state index contributed by atoms with van der Waals surface area (Å²) < 4.78 is 1.77. The van der Waals surface area contributed by atoms with E-state index >= 15 is 0 Å². The van der Waals surface area contributed by atoms with Crippen LogP contribution in [0.25, 0.3) is 11.4 Å². The molecule has 0 fully saturated rings. The Bertz CT molecular complexity index is 675. The van der Waals surface area contributed by atoms with Gasteiger partial charge in [0.25, 0.3) is 0 Å². The predicted octanol–water partition coefficient (Wildman–Crippen LogP) is 1.97. The molecule has 94 valence electrons. The highest BCUT2D eigenvalue weighted by Crippen LogP contribution is 2.19. The van der Waals surface area contributed by atoms with Crippen LogP contribution in [0.2, 0.25) is 0 Å². The van der Waals surface area contributed by atoms with Crippen LogP contribution >= 0.6 is 0 Å². The molecule has 0 aliphatic carbocycles. The van der Waals surface area contributed by atoms with Crippen molar-refractivity contribution in [2.45, 2.75) is 6.54 Å². The predicted molar refractivity (Wildman–Crippen MR) is 73.2 cm³/mol. The fourth-order valence-electron chi connectivity index (χ4n) is 1.95. The number of benzene rings is 2. The summed E-state index contributed by atoms with van der Waals surface area (Å²) in [5.41, 5.74) is 8.56. The second kappa shape index (κ2) is 4.89.